The maximum Gasteiger partial charge on any atom is 0.0655 e. The quantitative estimate of drug-likeness (QED) is 0.831. The van der Waals surface area contributed by atoms with E-state index in [0.29, 0.717) is 20.6 Å². The van der Waals surface area contributed by atoms with Gasteiger partial charge in [-0.1, -0.05) is 48.7 Å². The van der Waals surface area contributed by atoms with Gasteiger partial charge in [-0.2, -0.15) is 0 Å². The standard InChI is InChI=1S/C11H14Cl3NO/c1-11(2,5-16)10(15)8-6(12)3-4-7(13)9(8)14/h3-4,10,16H,5,15H2,1-2H3/t10-/m1/s1. The highest BCUT2D eigenvalue weighted by Crippen LogP contribution is 2.41. The highest BCUT2D eigenvalue weighted by molar-refractivity contribution is 6.44. The van der Waals surface area contributed by atoms with E-state index in [1.54, 1.807) is 12.1 Å². The van der Waals surface area contributed by atoms with Crippen LogP contribution in [0.25, 0.3) is 0 Å². The Labute approximate surface area is 110 Å². The second-order valence-electron chi connectivity index (χ2n) is 4.38. The van der Waals surface area contributed by atoms with Gasteiger partial charge in [0.05, 0.1) is 10.0 Å². The molecule has 0 aliphatic heterocycles. The zero-order chi connectivity index (χ0) is 12.5. The predicted octanol–water partition coefficient (Wildman–Crippen LogP) is 3.67. The van der Waals surface area contributed by atoms with Crippen LogP contribution < -0.4 is 5.73 Å². The molecule has 1 aromatic carbocycles. The summed E-state index contributed by atoms with van der Waals surface area (Å²) in [5, 5.41) is 10.5. The summed E-state index contributed by atoms with van der Waals surface area (Å²) >= 11 is 18.0. The summed E-state index contributed by atoms with van der Waals surface area (Å²) in [4.78, 5) is 0. The van der Waals surface area contributed by atoms with Crippen LogP contribution in [0.5, 0.6) is 0 Å². The van der Waals surface area contributed by atoms with Gasteiger partial charge < -0.3 is 10.8 Å². The van der Waals surface area contributed by atoms with Crippen LogP contribution in [0.4, 0.5) is 0 Å². The third kappa shape index (κ3) is 2.63. The van der Waals surface area contributed by atoms with E-state index in [0.717, 1.165) is 0 Å². The number of halogens is 3. The maximum absolute atomic E-state index is 9.28. The molecule has 0 bridgehead atoms. The summed E-state index contributed by atoms with van der Waals surface area (Å²) < 4.78 is 0. The average molecular weight is 283 g/mol. The van der Waals surface area contributed by atoms with Gasteiger partial charge >= 0.3 is 0 Å². The van der Waals surface area contributed by atoms with E-state index >= 15 is 0 Å². The molecule has 0 amide bonds. The zero-order valence-corrected chi connectivity index (χ0v) is 11.4. The lowest BCUT2D eigenvalue weighted by Crippen LogP contribution is -2.32. The van der Waals surface area contributed by atoms with Crippen molar-refractivity contribution < 1.29 is 5.11 Å². The van der Waals surface area contributed by atoms with Gasteiger partial charge in [-0.3, -0.25) is 0 Å². The van der Waals surface area contributed by atoms with Gasteiger partial charge in [0.25, 0.3) is 0 Å². The van der Waals surface area contributed by atoms with E-state index in [1.807, 2.05) is 13.8 Å². The minimum absolute atomic E-state index is 0.0622. The number of hydrogen-bond donors (Lipinski definition) is 2. The van der Waals surface area contributed by atoms with Gasteiger partial charge in [-0.25, -0.2) is 0 Å². The molecular weight excluding hydrogens is 268 g/mol. The molecule has 0 aliphatic carbocycles. The third-order valence-corrected chi connectivity index (χ3v) is 3.79. The second-order valence-corrected chi connectivity index (χ2v) is 5.57. The Morgan fingerprint density at radius 2 is 1.75 bits per heavy atom. The predicted molar refractivity (Wildman–Crippen MR) is 69.3 cm³/mol. The summed E-state index contributed by atoms with van der Waals surface area (Å²) in [6.07, 6.45) is 0. The fraction of sp³-hybridized carbons (Fsp3) is 0.455. The Balaban J connectivity index is 3.28. The fourth-order valence-corrected chi connectivity index (χ4v) is 2.09. The van der Waals surface area contributed by atoms with Crippen molar-refractivity contribution in [2.75, 3.05) is 6.61 Å². The minimum atomic E-state index is -0.516. The monoisotopic (exact) mass is 281 g/mol. The summed E-state index contributed by atoms with van der Waals surface area (Å²) in [5.74, 6) is 0. The molecule has 0 unspecified atom stereocenters. The number of benzene rings is 1. The molecule has 0 saturated carbocycles. The largest absolute Gasteiger partial charge is 0.396 e. The first-order valence-electron chi connectivity index (χ1n) is 4.81. The molecule has 0 radical (unpaired) electrons. The van der Waals surface area contributed by atoms with E-state index in [-0.39, 0.29) is 6.61 Å². The fourth-order valence-electron chi connectivity index (χ4n) is 1.32. The Morgan fingerprint density at radius 3 is 2.25 bits per heavy atom. The summed E-state index contributed by atoms with van der Waals surface area (Å²) in [6, 6.07) is 2.79. The molecule has 0 spiro atoms. The molecule has 1 rings (SSSR count). The minimum Gasteiger partial charge on any atom is -0.396 e. The number of nitrogens with two attached hydrogens (primary N) is 1. The van der Waals surface area contributed by atoms with E-state index in [4.69, 9.17) is 40.5 Å². The van der Waals surface area contributed by atoms with Gasteiger partial charge in [0.1, 0.15) is 0 Å². The van der Waals surface area contributed by atoms with Gasteiger partial charge in [0, 0.05) is 28.6 Å². The van der Waals surface area contributed by atoms with Crippen LogP contribution in [0.1, 0.15) is 25.5 Å². The molecule has 1 aromatic rings. The first-order chi connectivity index (χ1) is 7.31. The number of rotatable bonds is 3. The number of aliphatic hydroxyl groups excluding tert-OH is 1. The highest BCUT2D eigenvalue weighted by atomic mass is 35.5. The molecule has 0 aliphatic rings. The summed E-state index contributed by atoms with van der Waals surface area (Å²) in [6.45, 7) is 3.61. The number of aliphatic hydroxyl groups is 1. The molecule has 2 nitrogen and oxygen atoms in total. The topological polar surface area (TPSA) is 46.2 Å². The lowest BCUT2D eigenvalue weighted by molar-refractivity contribution is 0.132. The van der Waals surface area contributed by atoms with Gasteiger partial charge in [0.15, 0.2) is 0 Å². The van der Waals surface area contributed by atoms with Gasteiger partial charge in [-0.05, 0) is 12.1 Å². The lowest BCUT2D eigenvalue weighted by Gasteiger charge is -2.31. The SMILES string of the molecule is CC(C)(CO)[C@H](N)c1c(Cl)ccc(Cl)c1Cl. The van der Waals surface area contributed by atoms with Crippen LogP contribution in [-0.4, -0.2) is 11.7 Å². The molecule has 0 aromatic heterocycles. The molecule has 5 heteroatoms. The Hall–Kier alpha value is 0.01000. The smallest absolute Gasteiger partial charge is 0.0655 e. The van der Waals surface area contributed by atoms with Crippen molar-refractivity contribution in [2.24, 2.45) is 11.1 Å². The molecule has 3 N–H and O–H groups in total. The van der Waals surface area contributed by atoms with E-state index in [9.17, 15) is 5.11 Å². The normalized spacial score (nSPS) is 13.9. The van der Waals surface area contributed by atoms with Crippen molar-refractivity contribution in [3.05, 3.63) is 32.8 Å². The van der Waals surface area contributed by atoms with E-state index < -0.39 is 11.5 Å². The first kappa shape index (κ1) is 14.1. The van der Waals surface area contributed by atoms with Crippen LogP contribution in [0.15, 0.2) is 12.1 Å². The van der Waals surface area contributed by atoms with Crippen molar-refractivity contribution in [1.82, 2.24) is 0 Å². The zero-order valence-electron chi connectivity index (χ0n) is 9.10. The van der Waals surface area contributed by atoms with Gasteiger partial charge in [0.2, 0.25) is 0 Å². The van der Waals surface area contributed by atoms with Crippen LogP contribution >= 0.6 is 34.8 Å². The molecule has 0 fully saturated rings. The van der Waals surface area contributed by atoms with E-state index in [1.165, 1.54) is 0 Å². The van der Waals surface area contributed by atoms with Crippen LogP contribution in [0, 0.1) is 5.41 Å². The lowest BCUT2D eigenvalue weighted by atomic mass is 9.82. The second kappa shape index (κ2) is 5.11. The molecular formula is C11H14Cl3NO. The van der Waals surface area contributed by atoms with Gasteiger partial charge in [-0.15, -0.1) is 0 Å². The maximum atomic E-state index is 9.28. The van der Waals surface area contributed by atoms with Crippen LogP contribution in [0.3, 0.4) is 0 Å². The van der Waals surface area contributed by atoms with Crippen LogP contribution in [-0.2, 0) is 0 Å². The Bertz CT molecular complexity index is 393. The van der Waals surface area contributed by atoms with E-state index in [2.05, 4.69) is 0 Å². The van der Waals surface area contributed by atoms with Crippen LogP contribution in [0.2, 0.25) is 15.1 Å². The van der Waals surface area contributed by atoms with Crippen molar-refractivity contribution in [2.45, 2.75) is 19.9 Å². The van der Waals surface area contributed by atoms with Crippen molar-refractivity contribution in [3.63, 3.8) is 0 Å². The number of hydrogen-bond acceptors (Lipinski definition) is 2. The molecule has 0 saturated heterocycles. The van der Waals surface area contributed by atoms with Crippen molar-refractivity contribution in [3.8, 4) is 0 Å². The summed E-state index contributed by atoms with van der Waals surface area (Å²) in [7, 11) is 0. The Kier molecular flexibility index (Phi) is 4.49. The van der Waals surface area contributed by atoms with Crippen molar-refractivity contribution >= 4 is 34.8 Å². The molecule has 0 heterocycles. The van der Waals surface area contributed by atoms with Crippen molar-refractivity contribution in [1.29, 1.82) is 0 Å². The third-order valence-electron chi connectivity index (χ3n) is 2.64. The Morgan fingerprint density at radius 1 is 1.25 bits per heavy atom. The molecule has 1 atom stereocenters. The molecule has 90 valence electrons. The average Bonchev–Trinajstić information content (AvgIpc) is 2.24. The first-order valence-corrected chi connectivity index (χ1v) is 5.94. The summed E-state index contributed by atoms with van der Waals surface area (Å²) in [5.41, 5.74) is 6.13. The molecule has 16 heavy (non-hydrogen) atoms. The highest BCUT2D eigenvalue weighted by Gasteiger charge is 2.30.